The minimum atomic E-state index is -0.0904. The third-order valence-electron chi connectivity index (χ3n) is 4.91. The highest BCUT2D eigenvalue weighted by Gasteiger charge is 2.26. The first-order valence-corrected chi connectivity index (χ1v) is 10.3. The van der Waals surface area contributed by atoms with E-state index in [0.29, 0.717) is 18.0 Å². The molecule has 0 radical (unpaired) electrons. The maximum atomic E-state index is 13.2. The summed E-state index contributed by atoms with van der Waals surface area (Å²) in [6, 6.07) is 13.3. The molecule has 1 aliphatic rings. The number of carbonyl (C=O) groups excluding carboxylic acids is 1. The summed E-state index contributed by atoms with van der Waals surface area (Å²) in [4.78, 5) is 18.9. The number of ether oxygens (including phenoxy) is 1. The molecule has 0 spiro atoms. The lowest BCUT2D eigenvalue weighted by atomic mass is 9.95. The molecule has 0 atom stereocenters. The van der Waals surface area contributed by atoms with Crippen molar-refractivity contribution < 1.29 is 9.53 Å². The van der Waals surface area contributed by atoms with Gasteiger partial charge in [0.15, 0.2) is 0 Å². The SMILES string of the molecule is COc1ccccc1NC(=O)c1c(NCc2ccccn2)sc2c1CCCC2. The lowest BCUT2D eigenvalue weighted by Gasteiger charge is -2.14. The van der Waals surface area contributed by atoms with Gasteiger partial charge in [-0.3, -0.25) is 9.78 Å². The van der Waals surface area contributed by atoms with Crippen molar-refractivity contribution in [2.75, 3.05) is 17.7 Å². The number of aromatic nitrogens is 1. The predicted molar refractivity (Wildman–Crippen MR) is 113 cm³/mol. The molecule has 0 unspecified atom stereocenters. The Hall–Kier alpha value is -2.86. The molecule has 28 heavy (non-hydrogen) atoms. The zero-order valence-electron chi connectivity index (χ0n) is 15.8. The van der Waals surface area contributed by atoms with E-state index in [1.807, 2.05) is 42.5 Å². The Balaban J connectivity index is 1.62. The number of nitrogens with one attached hydrogen (secondary N) is 2. The molecule has 2 aromatic heterocycles. The maximum absolute atomic E-state index is 13.2. The standard InChI is InChI=1S/C22H23N3O2S/c1-27-18-11-4-3-10-17(18)25-21(26)20-16-9-2-5-12-19(16)28-22(20)24-14-15-8-6-7-13-23-15/h3-4,6-8,10-11,13,24H,2,5,9,12,14H2,1H3,(H,25,26). The molecular weight excluding hydrogens is 370 g/mol. The fourth-order valence-electron chi connectivity index (χ4n) is 3.54. The number of nitrogens with zero attached hydrogens (tertiary/aromatic N) is 1. The van der Waals surface area contributed by atoms with E-state index in [1.165, 1.54) is 16.9 Å². The van der Waals surface area contributed by atoms with Crippen LogP contribution in [0.3, 0.4) is 0 Å². The average molecular weight is 394 g/mol. The van der Waals surface area contributed by atoms with Crippen molar-refractivity contribution in [2.45, 2.75) is 32.2 Å². The molecular formula is C22H23N3O2S. The number of carbonyl (C=O) groups is 1. The Morgan fingerprint density at radius 1 is 1.14 bits per heavy atom. The van der Waals surface area contributed by atoms with Gasteiger partial charge in [-0.1, -0.05) is 18.2 Å². The molecule has 2 heterocycles. The van der Waals surface area contributed by atoms with Gasteiger partial charge < -0.3 is 15.4 Å². The molecule has 4 rings (SSSR count). The number of hydrogen-bond acceptors (Lipinski definition) is 5. The molecule has 0 saturated carbocycles. The molecule has 6 heteroatoms. The molecule has 2 N–H and O–H groups in total. The normalized spacial score (nSPS) is 12.9. The molecule has 0 bridgehead atoms. The first-order valence-electron chi connectivity index (χ1n) is 9.49. The molecule has 144 valence electrons. The topological polar surface area (TPSA) is 63.2 Å². The lowest BCUT2D eigenvalue weighted by Crippen LogP contribution is -2.17. The number of benzene rings is 1. The van der Waals surface area contributed by atoms with Crippen molar-refractivity contribution >= 4 is 27.9 Å². The smallest absolute Gasteiger partial charge is 0.259 e. The van der Waals surface area contributed by atoms with Gasteiger partial charge in [0.25, 0.3) is 5.91 Å². The van der Waals surface area contributed by atoms with E-state index >= 15 is 0 Å². The summed E-state index contributed by atoms with van der Waals surface area (Å²) < 4.78 is 5.38. The first kappa shape index (κ1) is 18.5. The predicted octanol–water partition coefficient (Wildman–Crippen LogP) is 4.89. The highest BCUT2D eigenvalue weighted by atomic mass is 32.1. The van der Waals surface area contributed by atoms with Crippen molar-refractivity contribution in [2.24, 2.45) is 0 Å². The van der Waals surface area contributed by atoms with Crippen LogP contribution in [0.5, 0.6) is 5.75 Å². The van der Waals surface area contributed by atoms with Crippen LogP contribution in [-0.2, 0) is 19.4 Å². The van der Waals surface area contributed by atoms with E-state index in [0.717, 1.165) is 35.5 Å². The van der Waals surface area contributed by atoms with Gasteiger partial charge >= 0.3 is 0 Å². The summed E-state index contributed by atoms with van der Waals surface area (Å²) in [6.45, 7) is 0.592. The van der Waals surface area contributed by atoms with Crippen LogP contribution in [0.15, 0.2) is 48.7 Å². The van der Waals surface area contributed by atoms with Crippen LogP contribution in [-0.4, -0.2) is 18.0 Å². The second-order valence-corrected chi connectivity index (χ2v) is 7.85. The summed E-state index contributed by atoms with van der Waals surface area (Å²) in [6.07, 6.45) is 6.08. The number of para-hydroxylation sites is 2. The largest absolute Gasteiger partial charge is 0.495 e. The Kier molecular flexibility index (Phi) is 5.58. The second-order valence-electron chi connectivity index (χ2n) is 6.74. The molecule has 1 amide bonds. The van der Waals surface area contributed by atoms with E-state index in [1.54, 1.807) is 24.6 Å². The Morgan fingerprint density at radius 2 is 1.96 bits per heavy atom. The number of methoxy groups -OCH3 is 1. The van der Waals surface area contributed by atoms with E-state index in [-0.39, 0.29) is 5.91 Å². The zero-order chi connectivity index (χ0) is 19.3. The van der Waals surface area contributed by atoms with Gasteiger partial charge in [-0.25, -0.2) is 0 Å². The molecule has 3 aromatic rings. The van der Waals surface area contributed by atoms with Crippen LogP contribution in [0.4, 0.5) is 10.7 Å². The highest BCUT2D eigenvalue weighted by Crippen LogP contribution is 2.39. The summed E-state index contributed by atoms with van der Waals surface area (Å²) in [5, 5.41) is 7.41. The third-order valence-corrected chi connectivity index (χ3v) is 6.16. The van der Waals surface area contributed by atoms with Gasteiger partial charge in [0.05, 0.1) is 30.6 Å². The second kappa shape index (κ2) is 8.44. The molecule has 0 fully saturated rings. The van der Waals surface area contributed by atoms with E-state index in [2.05, 4.69) is 15.6 Å². The first-order chi connectivity index (χ1) is 13.8. The fourth-order valence-corrected chi connectivity index (χ4v) is 4.82. The average Bonchev–Trinajstić information content (AvgIpc) is 3.12. The number of anilines is 2. The van der Waals surface area contributed by atoms with E-state index in [4.69, 9.17) is 4.74 Å². The van der Waals surface area contributed by atoms with Crippen molar-refractivity contribution in [3.63, 3.8) is 0 Å². The van der Waals surface area contributed by atoms with Crippen molar-refractivity contribution in [3.8, 4) is 5.75 Å². The monoisotopic (exact) mass is 393 g/mol. The van der Waals surface area contributed by atoms with Gasteiger partial charge in [0.1, 0.15) is 10.8 Å². The number of amides is 1. The third kappa shape index (κ3) is 3.87. The van der Waals surface area contributed by atoms with Gasteiger partial charge in [0.2, 0.25) is 0 Å². The Labute approximate surface area is 168 Å². The summed E-state index contributed by atoms with van der Waals surface area (Å²) in [7, 11) is 1.61. The van der Waals surface area contributed by atoms with Gasteiger partial charge in [0, 0.05) is 11.1 Å². The fraction of sp³-hybridized carbons (Fsp3) is 0.273. The van der Waals surface area contributed by atoms with Crippen molar-refractivity contribution in [3.05, 3.63) is 70.4 Å². The van der Waals surface area contributed by atoms with E-state index < -0.39 is 0 Å². The van der Waals surface area contributed by atoms with Crippen molar-refractivity contribution in [1.82, 2.24) is 4.98 Å². The lowest BCUT2D eigenvalue weighted by molar-refractivity contribution is 0.102. The van der Waals surface area contributed by atoms with Crippen LogP contribution in [0.25, 0.3) is 0 Å². The van der Waals surface area contributed by atoms with Crippen LogP contribution in [0, 0.1) is 0 Å². The Bertz CT molecular complexity index is 969. The summed E-state index contributed by atoms with van der Waals surface area (Å²) in [5.41, 5.74) is 3.58. The van der Waals surface area contributed by atoms with E-state index in [9.17, 15) is 4.79 Å². The molecule has 0 aliphatic heterocycles. The minimum absolute atomic E-state index is 0.0904. The van der Waals surface area contributed by atoms with Crippen LogP contribution in [0.1, 0.15) is 39.3 Å². The summed E-state index contributed by atoms with van der Waals surface area (Å²) in [5.74, 6) is 0.565. The number of fused-ring (bicyclic) bond motifs is 1. The molecule has 1 aromatic carbocycles. The maximum Gasteiger partial charge on any atom is 0.259 e. The molecule has 0 saturated heterocycles. The van der Waals surface area contributed by atoms with Crippen LogP contribution >= 0.6 is 11.3 Å². The van der Waals surface area contributed by atoms with Crippen molar-refractivity contribution in [1.29, 1.82) is 0 Å². The number of thiophene rings is 1. The zero-order valence-corrected chi connectivity index (χ0v) is 16.6. The Morgan fingerprint density at radius 3 is 2.79 bits per heavy atom. The molecule has 1 aliphatic carbocycles. The van der Waals surface area contributed by atoms with Gasteiger partial charge in [-0.2, -0.15) is 0 Å². The molecule has 5 nitrogen and oxygen atoms in total. The van der Waals surface area contributed by atoms with Gasteiger partial charge in [-0.05, 0) is 55.5 Å². The quantitative estimate of drug-likeness (QED) is 0.626. The minimum Gasteiger partial charge on any atom is -0.495 e. The van der Waals surface area contributed by atoms with Crippen LogP contribution in [0.2, 0.25) is 0 Å². The number of hydrogen-bond donors (Lipinski definition) is 2. The van der Waals surface area contributed by atoms with Crippen LogP contribution < -0.4 is 15.4 Å². The number of aryl methyl sites for hydroxylation is 1. The number of pyridine rings is 1. The highest BCUT2D eigenvalue weighted by molar-refractivity contribution is 7.16. The number of rotatable bonds is 6. The van der Waals surface area contributed by atoms with Gasteiger partial charge in [-0.15, -0.1) is 11.3 Å². The summed E-state index contributed by atoms with van der Waals surface area (Å²) >= 11 is 1.70.